The molecule has 0 N–H and O–H groups in total. The van der Waals surface area contributed by atoms with Gasteiger partial charge < -0.3 is 9.80 Å². The minimum Gasteiger partial charge on any atom is -0.308 e. The molecule has 0 amide bonds. The molecule has 208 valence electrons. The fourth-order valence-corrected chi connectivity index (χ4v) is 6.00. The van der Waals surface area contributed by atoms with Gasteiger partial charge in [0.2, 0.25) is 0 Å². The molecule has 4 heteroatoms. The molecule has 44 heavy (non-hydrogen) atoms. The van der Waals surface area contributed by atoms with E-state index in [4.69, 9.17) is 9.97 Å². The molecule has 1 aromatic heterocycles. The van der Waals surface area contributed by atoms with Crippen LogP contribution in [0.4, 0.5) is 34.1 Å². The zero-order valence-electron chi connectivity index (χ0n) is 24.0. The third kappa shape index (κ3) is 4.50. The summed E-state index contributed by atoms with van der Waals surface area (Å²) in [6.07, 6.45) is 0. The molecule has 0 atom stereocenters. The molecule has 0 bridgehead atoms. The second kappa shape index (κ2) is 11.0. The number of nitrogens with zero attached hydrogens (tertiary/aromatic N) is 4. The molecule has 0 aliphatic rings. The molecule has 4 nitrogen and oxygen atoms in total. The summed E-state index contributed by atoms with van der Waals surface area (Å²) in [5.74, 6) is 0. The van der Waals surface area contributed by atoms with Gasteiger partial charge in [-0.2, -0.15) is 0 Å². The SMILES string of the molecule is c1ccc(N(c2ccccc2)c2ccc(N(c3ccccc3)c3cccc4ccccc34)c3nc4ccccc4nc23)cc1. The average molecular weight is 565 g/mol. The molecular weight excluding hydrogens is 536 g/mol. The predicted octanol–water partition coefficient (Wildman–Crippen LogP) is 10.9. The highest BCUT2D eigenvalue weighted by molar-refractivity contribution is 6.08. The van der Waals surface area contributed by atoms with Crippen LogP contribution in [-0.4, -0.2) is 9.97 Å². The van der Waals surface area contributed by atoms with E-state index in [0.717, 1.165) is 56.2 Å². The fourth-order valence-electron chi connectivity index (χ4n) is 6.00. The van der Waals surface area contributed by atoms with Crippen molar-refractivity contribution in [3.05, 3.63) is 170 Å². The van der Waals surface area contributed by atoms with Crippen LogP contribution in [0.25, 0.3) is 32.8 Å². The van der Waals surface area contributed by atoms with Crippen LogP contribution in [0.5, 0.6) is 0 Å². The molecule has 7 aromatic carbocycles. The first-order valence-electron chi connectivity index (χ1n) is 14.8. The van der Waals surface area contributed by atoms with Crippen molar-refractivity contribution in [1.29, 1.82) is 0 Å². The lowest BCUT2D eigenvalue weighted by Crippen LogP contribution is -2.14. The average Bonchev–Trinajstić information content (AvgIpc) is 3.10. The second-order valence-corrected chi connectivity index (χ2v) is 10.7. The van der Waals surface area contributed by atoms with Gasteiger partial charge in [-0.25, -0.2) is 9.97 Å². The van der Waals surface area contributed by atoms with Crippen molar-refractivity contribution in [2.24, 2.45) is 0 Å². The minimum atomic E-state index is 0.829. The molecule has 0 spiro atoms. The summed E-state index contributed by atoms with van der Waals surface area (Å²) in [7, 11) is 0. The Kier molecular flexibility index (Phi) is 6.43. The monoisotopic (exact) mass is 564 g/mol. The lowest BCUT2D eigenvalue weighted by Gasteiger charge is -2.30. The molecule has 0 aliphatic heterocycles. The number of hydrogen-bond acceptors (Lipinski definition) is 4. The van der Waals surface area contributed by atoms with Gasteiger partial charge in [-0.3, -0.25) is 0 Å². The molecule has 0 unspecified atom stereocenters. The minimum absolute atomic E-state index is 0.829. The van der Waals surface area contributed by atoms with Crippen LogP contribution in [0.2, 0.25) is 0 Å². The van der Waals surface area contributed by atoms with E-state index in [0.29, 0.717) is 0 Å². The number of benzene rings is 7. The number of hydrogen-bond donors (Lipinski definition) is 0. The Morgan fingerprint density at radius 3 is 1.32 bits per heavy atom. The number of anilines is 6. The standard InChI is InChI=1S/C40H28N4/c1-4-17-30(18-5-1)43(31-19-6-2-7-20-31)37-27-28-38(40-39(37)41-34-24-12-13-25-35(34)42-40)44(32-21-8-3-9-22-32)36-26-14-16-29-15-10-11-23-33(29)36/h1-28H. The summed E-state index contributed by atoms with van der Waals surface area (Å²) in [5.41, 5.74) is 9.54. The van der Waals surface area contributed by atoms with Crippen LogP contribution >= 0.6 is 0 Å². The lowest BCUT2D eigenvalue weighted by atomic mass is 10.1. The van der Waals surface area contributed by atoms with Crippen LogP contribution in [0.3, 0.4) is 0 Å². The zero-order chi connectivity index (χ0) is 29.3. The number of fused-ring (bicyclic) bond motifs is 3. The normalized spacial score (nSPS) is 11.2. The Labute approximate surface area is 256 Å². The van der Waals surface area contributed by atoms with Gasteiger partial charge in [0.25, 0.3) is 0 Å². The highest BCUT2D eigenvalue weighted by Crippen LogP contribution is 2.45. The van der Waals surface area contributed by atoms with E-state index in [1.54, 1.807) is 0 Å². The van der Waals surface area contributed by atoms with Crippen molar-refractivity contribution in [3.8, 4) is 0 Å². The van der Waals surface area contributed by atoms with Crippen molar-refractivity contribution in [3.63, 3.8) is 0 Å². The summed E-state index contributed by atoms with van der Waals surface area (Å²) in [4.78, 5) is 15.2. The quantitative estimate of drug-likeness (QED) is 0.188. The molecular formula is C40H28N4. The van der Waals surface area contributed by atoms with Gasteiger partial charge in [-0.1, -0.05) is 103 Å². The maximum atomic E-state index is 5.33. The number of para-hydroxylation sites is 5. The first-order chi connectivity index (χ1) is 21.8. The van der Waals surface area contributed by atoms with Crippen LogP contribution in [-0.2, 0) is 0 Å². The highest BCUT2D eigenvalue weighted by Gasteiger charge is 2.23. The van der Waals surface area contributed by atoms with Crippen LogP contribution in [0.15, 0.2) is 170 Å². The molecule has 0 aliphatic carbocycles. The van der Waals surface area contributed by atoms with Crippen molar-refractivity contribution >= 4 is 67.0 Å². The van der Waals surface area contributed by atoms with Gasteiger partial charge in [-0.05, 0) is 72.1 Å². The molecule has 0 saturated heterocycles. The summed E-state index contributed by atoms with van der Waals surface area (Å²) >= 11 is 0. The van der Waals surface area contributed by atoms with Gasteiger partial charge in [0, 0.05) is 22.4 Å². The van der Waals surface area contributed by atoms with E-state index in [1.165, 1.54) is 10.8 Å². The zero-order valence-corrected chi connectivity index (χ0v) is 24.0. The Bertz CT molecular complexity index is 2190. The molecule has 8 rings (SSSR count). The highest BCUT2D eigenvalue weighted by atomic mass is 15.2. The van der Waals surface area contributed by atoms with Crippen LogP contribution < -0.4 is 9.80 Å². The van der Waals surface area contributed by atoms with E-state index >= 15 is 0 Å². The van der Waals surface area contributed by atoms with Crippen molar-refractivity contribution < 1.29 is 0 Å². The number of rotatable bonds is 6. The van der Waals surface area contributed by atoms with Gasteiger partial charge in [0.1, 0.15) is 11.0 Å². The molecule has 8 aromatic rings. The van der Waals surface area contributed by atoms with Crippen molar-refractivity contribution in [2.45, 2.75) is 0 Å². The fraction of sp³-hybridized carbons (Fsp3) is 0. The molecule has 0 radical (unpaired) electrons. The third-order valence-corrected chi connectivity index (χ3v) is 7.99. The smallest absolute Gasteiger partial charge is 0.116 e. The third-order valence-electron chi connectivity index (χ3n) is 7.99. The van der Waals surface area contributed by atoms with E-state index in [1.807, 2.05) is 36.4 Å². The van der Waals surface area contributed by atoms with E-state index in [2.05, 4.69) is 143 Å². The molecule has 1 heterocycles. The number of aromatic nitrogens is 2. The van der Waals surface area contributed by atoms with E-state index < -0.39 is 0 Å². The molecule has 0 fully saturated rings. The largest absolute Gasteiger partial charge is 0.308 e. The predicted molar refractivity (Wildman–Crippen MR) is 184 cm³/mol. The Morgan fingerprint density at radius 1 is 0.318 bits per heavy atom. The summed E-state index contributed by atoms with van der Waals surface area (Å²) in [6.45, 7) is 0. The maximum Gasteiger partial charge on any atom is 0.116 e. The van der Waals surface area contributed by atoms with Gasteiger partial charge >= 0.3 is 0 Å². The summed E-state index contributed by atoms with van der Waals surface area (Å²) in [5, 5.41) is 2.35. The lowest BCUT2D eigenvalue weighted by molar-refractivity contribution is 1.25. The Morgan fingerprint density at radius 2 is 0.750 bits per heavy atom. The summed E-state index contributed by atoms with van der Waals surface area (Å²) < 4.78 is 0. The van der Waals surface area contributed by atoms with Crippen LogP contribution in [0.1, 0.15) is 0 Å². The van der Waals surface area contributed by atoms with Crippen molar-refractivity contribution in [1.82, 2.24) is 9.97 Å². The van der Waals surface area contributed by atoms with Crippen molar-refractivity contribution in [2.75, 3.05) is 9.80 Å². The Balaban J connectivity index is 1.46. The first kappa shape index (κ1) is 25.7. The summed E-state index contributed by atoms with van der Waals surface area (Å²) in [6, 6.07) is 58.9. The second-order valence-electron chi connectivity index (χ2n) is 10.7. The topological polar surface area (TPSA) is 32.3 Å². The maximum absolute atomic E-state index is 5.33. The van der Waals surface area contributed by atoms with E-state index in [-0.39, 0.29) is 0 Å². The van der Waals surface area contributed by atoms with Gasteiger partial charge in [0.15, 0.2) is 0 Å². The Hall–Kier alpha value is -6.00. The van der Waals surface area contributed by atoms with Crippen LogP contribution in [0, 0.1) is 0 Å². The van der Waals surface area contributed by atoms with E-state index in [9.17, 15) is 0 Å². The van der Waals surface area contributed by atoms with Gasteiger partial charge in [-0.15, -0.1) is 0 Å². The van der Waals surface area contributed by atoms with Gasteiger partial charge in [0.05, 0.1) is 28.1 Å². The first-order valence-corrected chi connectivity index (χ1v) is 14.8. The molecule has 0 saturated carbocycles.